The van der Waals surface area contributed by atoms with Crippen LogP contribution in [0, 0.1) is 20.8 Å². The van der Waals surface area contributed by atoms with Gasteiger partial charge in [-0.15, -0.1) is 0 Å². The number of nitrogens with zero attached hydrogens (tertiary/aromatic N) is 2. The second-order valence-corrected chi connectivity index (χ2v) is 7.43. The number of aryl methyl sites for hydroxylation is 3. The zero-order valence-corrected chi connectivity index (χ0v) is 13.2. The van der Waals surface area contributed by atoms with Crippen LogP contribution in [-0.4, -0.2) is 24.4 Å². The number of fused-ring (bicyclic) bond motifs is 1. The number of rotatable bonds is 2. The minimum atomic E-state index is -3.50. The van der Waals surface area contributed by atoms with Crippen LogP contribution in [-0.2, 0) is 23.0 Å². The van der Waals surface area contributed by atoms with Crippen molar-refractivity contribution in [2.24, 2.45) is 0 Å². The topological polar surface area (TPSA) is 63.4 Å². The number of hydrogen-bond donors (Lipinski definition) is 0. The minimum Gasteiger partial charge on any atom is -0.359 e. The van der Waals surface area contributed by atoms with Crippen LogP contribution >= 0.6 is 0 Å². The fourth-order valence-corrected chi connectivity index (χ4v) is 4.39. The Kier molecular flexibility index (Phi) is 3.37. The van der Waals surface area contributed by atoms with Gasteiger partial charge in [0.25, 0.3) is 0 Å². The molecule has 1 aromatic heterocycles. The zero-order valence-electron chi connectivity index (χ0n) is 12.4. The average molecular weight is 306 g/mol. The molecule has 0 amide bonds. The van der Waals surface area contributed by atoms with Gasteiger partial charge in [-0.1, -0.05) is 17.3 Å². The first-order valence-corrected chi connectivity index (χ1v) is 8.35. The largest absolute Gasteiger partial charge is 0.359 e. The van der Waals surface area contributed by atoms with Gasteiger partial charge in [-0.2, -0.15) is 4.31 Å². The van der Waals surface area contributed by atoms with Crippen LogP contribution in [0.5, 0.6) is 0 Å². The Labute approximate surface area is 124 Å². The molecule has 0 aliphatic carbocycles. The molecule has 6 heteroatoms. The SMILES string of the molecule is Cc1ccc(C)c(S(=O)(=O)N2CCc3c(C)noc3C2)c1. The molecule has 112 valence electrons. The quantitative estimate of drug-likeness (QED) is 0.854. The number of aromatic nitrogens is 1. The predicted molar refractivity (Wildman–Crippen MR) is 78.5 cm³/mol. The van der Waals surface area contributed by atoms with Crippen LogP contribution in [0.25, 0.3) is 0 Å². The maximum Gasteiger partial charge on any atom is 0.243 e. The summed E-state index contributed by atoms with van der Waals surface area (Å²) in [5.41, 5.74) is 3.60. The van der Waals surface area contributed by atoms with Crippen LogP contribution < -0.4 is 0 Å². The molecular formula is C15H18N2O3S. The van der Waals surface area contributed by atoms with Crippen LogP contribution in [0.1, 0.15) is 28.1 Å². The maximum atomic E-state index is 12.8. The predicted octanol–water partition coefficient (Wildman–Crippen LogP) is 2.35. The van der Waals surface area contributed by atoms with Gasteiger partial charge in [0.05, 0.1) is 17.1 Å². The van der Waals surface area contributed by atoms with Crippen molar-refractivity contribution in [2.75, 3.05) is 6.54 Å². The highest BCUT2D eigenvalue weighted by Gasteiger charge is 2.32. The molecule has 21 heavy (non-hydrogen) atoms. The Hall–Kier alpha value is -1.66. The fraction of sp³-hybridized carbons (Fsp3) is 0.400. The van der Waals surface area contributed by atoms with Gasteiger partial charge in [0, 0.05) is 12.1 Å². The Morgan fingerprint density at radius 2 is 2.00 bits per heavy atom. The molecule has 0 fully saturated rings. The van der Waals surface area contributed by atoms with Gasteiger partial charge in [0.2, 0.25) is 10.0 Å². The summed E-state index contributed by atoms with van der Waals surface area (Å²) in [6.07, 6.45) is 0.648. The highest BCUT2D eigenvalue weighted by molar-refractivity contribution is 7.89. The van der Waals surface area contributed by atoms with Crippen LogP contribution in [0.3, 0.4) is 0 Å². The second kappa shape index (κ2) is 4.96. The Morgan fingerprint density at radius 3 is 2.76 bits per heavy atom. The summed E-state index contributed by atoms with van der Waals surface area (Å²) in [5.74, 6) is 0.660. The molecule has 2 aromatic rings. The summed E-state index contributed by atoms with van der Waals surface area (Å²) in [4.78, 5) is 0.377. The van der Waals surface area contributed by atoms with Gasteiger partial charge in [-0.3, -0.25) is 0 Å². The normalized spacial score (nSPS) is 16.0. The summed E-state index contributed by atoms with van der Waals surface area (Å²) in [6.45, 7) is 6.32. The molecule has 1 aliphatic rings. The van der Waals surface area contributed by atoms with Crippen molar-refractivity contribution in [2.45, 2.75) is 38.6 Å². The van der Waals surface area contributed by atoms with Crippen molar-refractivity contribution in [1.82, 2.24) is 9.46 Å². The lowest BCUT2D eigenvalue weighted by atomic mass is 10.1. The Balaban J connectivity index is 1.98. The maximum absolute atomic E-state index is 12.8. The molecular weight excluding hydrogens is 288 g/mol. The van der Waals surface area contributed by atoms with Crippen molar-refractivity contribution in [3.63, 3.8) is 0 Å². The van der Waals surface area contributed by atoms with Gasteiger partial charge in [0.1, 0.15) is 0 Å². The molecule has 0 bridgehead atoms. The smallest absolute Gasteiger partial charge is 0.243 e. The molecule has 0 unspecified atom stereocenters. The molecule has 5 nitrogen and oxygen atoms in total. The summed E-state index contributed by atoms with van der Waals surface area (Å²) < 4.78 is 32.4. The van der Waals surface area contributed by atoms with Gasteiger partial charge in [-0.05, 0) is 44.4 Å². The first-order chi connectivity index (χ1) is 9.89. The van der Waals surface area contributed by atoms with Crippen molar-refractivity contribution < 1.29 is 12.9 Å². The van der Waals surface area contributed by atoms with E-state index in [1.807, 2.05) is 32.9 Å². The van der Waals surface area contributed by atoms with Gasteiger partial charge >= 0.3 is 0 Å². The third-order valence-electron chi connectivity index (χ3n) is 3.96. The first kappa shape index (κ1) is 14.3. The van der Waals surface area contributed by atoms with E-state index in [1.165, 1.54) is 4.31 Å². The van der Waals surface area contributed by atoms with Crippen molar-refractivity contribution >= 4 is 10.0 Å². The lowest BCUT2D eigenvalue weighted by molar-refractivity contribution is 0.306. The van der Waals surface area contributed by atoms with Gasteiger partial charge < -0.3 is 4.52 Å². The summed E-state index contributed by atoms with van der Waals surface area (Å²) in [5, 5.41) is 3.92. The fourth-order valence-electron chi connectivity index (χ4n) is 2.69. The molecule has 1 aromatic carbocycles. The lowest BCUT2D eigenvalue weighted by Crippen LogP contribution is -2.36. The van der Waals surface area contributed by atoms with E-state index >= 15 is 0 Å². The number of sulfonamides is 1. The summed E-state index contributed by atoms with van der Waals surface area (Å²) in [6, 6.07) is 5.49. The average Bonchev–Trinajstić information content (AvgIpc) is 2.82. The third kappa shape index (κ3) is 2.38. The lowest BCUT2D eigenvalue weighted by Gasteiger charge is -2.25. The molecule has 0 spiro atoms. The highest BCUT2D eigenvalue weighted by atomic mass is 32.2. The third-order valence-corrected chi connectivity index (χ3v) is 5.95. The van der Waals surface area contributed by atoms with E-state index in [0.717, 1.165) is 22.4 Å². The van der Waals surface area contributed by atoms with Gasteiger partial charge in [-0.25, -0.2) is 8.42 Å². The van der Waals surface area contributed by atoms with E-state index < -0.39 is 10.0 Å². The van der Waals surface area contributed by atoms with Crippen LogP contribution in [0.15, 0.2) is 27.6 Å². The molecule has 3 rings (SSSR count). The first-order valence-electron chi connectivity index (χ1n) is 6.91. The standard InChI is InChI=1S/C15H18N2O3S/c1-10-4-5-11(2)15(8-10)21(18,19)17-7-6-13-12(3)16-20-14(13)9-17/h4-5,8H,6-7,9H2,1-3H3. The van der Waals surface area contributed by atoms with E-state index in [2.05, 4.69) is 5.16 Å². The molecule has 2 heterocycles. The van der Waals surface area contributed by atoms with Crippen molar-refractivity contribution in [3.8, 4) is 0 Å². The molecule has 0 saturated heterocycles. The van der Waals surface area contributed by atoms with Crippen molar-refractivity contribution in [1.29, 1.82) is 0 Å². The van der Waals surface area contributed by atoms with E-state index in [1.54, 1.807) is 6.07 Å². The Morgan fingerprint density at radius 1 is 1.24 bits per heavy atom. The molecule has 1 aliphatic heterocycles. The van der Waals surface area contributed by atoms with Crippen molar-refractivity contribution in [3.05, 3.63) is 46.3 Å². The monoisotopic (exact) mass is 306 g/mol. The van der Waals surface area contributed by atoms with E-state index in [9.17, 15) is 8.42 Å². The number of hydrogen-bond acceptors (Lipinski definition) is 4. The molecule has 0 N–H and O–H groups in total. The summed E-state index contributed by atoms with van der Waals surface area (Å²) in [7, 11) is -3.50. The van der Waals surface area contributed by atoms with E-state index in [0.29, 0.717) is 23.6 Å². The van der Waals surface area contributed by atoms with Crippen LogP contribution in [0.4, 0.5) is 0 Å². The molecule has 0 atom stereocenters. The van der Waals surface area contributed by atoms with E-state index in [-0.39, 0.29) is 6.54 Å². The Bertz CT molecular complexity index is 793. The second-order valence-electron chi connectivity index (χ2n) is 5.53. The molecule has 0 radical (unpaired) electrons. The minimum absolute atomic E-state index is 0.256. The highest BCUT2D eigenvalue weighted by Crippen LogP contribution is 2.28. The van der Waals surface area contributed by atoms with Crippen LogP contribution in [0.2, 0.25) is 0 Å². The number of benzene rings is 1. The van der Waals surface area contributed by atoms with E-state index in [4.69, 9.17) is 4.52 Å². The van der Waals surface area contributed by atoms with Gasteiger partial charge in [0.15, 0.2) is 5.76 Å². The zero-order chi connectivity index (χ0) is 15.2. The summed E-state index contributed by atoms with van der Waals surface area (Å²) >= 11 is 0. The molecule has 0 saturated carbocycles.